The summed E-state index contributed by atoms with van der Waals surface area (Å²) in [6.45, 7) is 8.32. The molecule has 3 N–H and O–H groups in total. The zero-order valence-corrected chi connectivity index (χ0v) is 10.2. The Hall–Kier alpha value is 1.13. The number of nitrogens with zero attached hydrogens (tertiary/aromatic N) is 1. The molecule has 4 nitrogen and oxygen atoms in total. The first-order valence-electron chi connectivity index (χ1n) is 4.67. The van der Waals surface area contributed by atoms with Crippen LogP contribution in [0.15, 0.2) is 0 Å². The van der Waals surface area contributed by atoms with E-state index in [1.54, 1.807) is 0 Å². The van der Waals surface area contributed by atoms with Crippen LogP contribution < -0.4 is 5.90 Å². The van der Waals surface area contributed by atoms with Gasteiger partial charge in [-0.2, -0.15) is 5.90 Å². The molecule has 1 atom stereocenters. The second-order valence-electron chi connectivity index (χ2n) is 4.12. The summed E-state index contributed by atoms with van der Waals surface area (Å²) in [5.74, 6) is 4.10. The third-order valence-corrected chi connectivity index (χ3v) is 3.32. The minimum atomic E-state index is 0. The Kier molecular flexibility index (Phi) is 16.6. The molecule has 0 aromatic heterocycles. The van der Waals surface area contributed by atoms with E-state index < -0.39 is 0 Å². The van der Waals surface area contributed by atoms with Crippen LogP contribution in [0.2, 0.25) is 0 Å². The maximum absolute atomic E-state index is 7.75. The molecule has 6 heteroatoms. The Balaban J connectivity index is -0.000000258. The molecule has 0 bridgehead atoms. The molecule has 0 aromatic rings. The number of piperidine rings is 1. The molecule has 1 heterocycles. The van der Waals surface area contributed by atoms with E-state index in [1.165, 1.54) is 19.4 Å². The topological polar surface area (TPSA) is 69.4 Å². The molecule has 1 fully saturated rings. The van der Waals surface area contributed by atoms with Crippen LogP contribution in [0.4, 0.5) is 0 Å². The van der Waals surface area contributed by atoms with E-state index in [4.69, 9.17) is 9.87 Å². The average Bonchev–Trinajstić information content (AvgIpc) is 2.21. The molecule has 1 aliphatic heterocycles. The summed E-state index contributed by atoms with van der Waals surface area (Å²) in [5.41, 5.74) is 0.429. The standard InChI is InChI=1S/C9H19N.ClHO.H2NO.Na.H/c1-8-6-5-7-10(4)9(8,2)3;2*1-2;;/h8H,5-7H2,1-4H3;2H;1H2;;. The van der Waals surface area contributed by atoms with Gasteiger partial charge in [0.05, 0.1) is 11.9 Å². The van der Waals surface area contributed by atoms with Crippen molar-refractivity contribution in [3.8, 4) is 0 Å². The van der Waals surface area contributed by atoms with Gasteiger partial charge in [-0.25, -0.2) is 0 Å². The molecular weight excluding hydrogens is 227 g/mol. The van der Waals surface area contributed by atoms with Crippen LogP contribution in [0.3, 0.4) is 0 Å². The van der Waals surface area contributed by atoms with Gasteiger partial charge in [0, 0.05) is 5.54 Å². The number of nitrogens with two attached hydrogens (primary N) is 1. The monoisotopic (exact) mass is 249 g/mol. The van der Waals surface area contributed by atoms with Crippen molar-refractivity contribution in [3.63, 3.8) is 0 Å². The molecule has 0 aromatic carbocycles. The number of hydrogen-bond acceptors (Lipinski definition) is 3. The Morgan fingerprint density at radius 1 is 1.40 bits per heavy atom. The SMILES string of the molecule is CC1CCCN(C)C1(C)C.N[O].OCl.[NaH]. The second-order valence-corrected chi connectivity index (χ2v) is 4.12. The molecular formula is C9H23ClN2NaO2. The molecule has 1 radical (unpaired) electrons. The predicted octanol–water partition coefficient (Wildman–Crippen LogP) is 0.901. The van der Waals surface area contributed by atoms with E-state index >= 15 is 0 Å². The predicted molar refractivity (Wildman–Crippen MR) is 65.2 cm³/mol. The first-order valence-corrected chi connectivity index (χ1v) is 5.00. The minimum absolute atomic E-state index is 0. The fourth-order valence-corrected chi connectivity index (χ4v) is 1.65. The molecule has 1 unspecified atom stereocenters. The Morgan fingerprint density at radius 3 is 2.07 bits per heavy atom. The molecule has 89 valence electrons. The van der Waals surface area contributed by atoms with Gasteiger partial charge in [-0.05, 0) is 46.2 Å². The average molecular weight is 250 g/mol. The molecule has 0 aliphatic carbocycles. The molecule has 15 heavy (non-hydrogen) atoms. The number of halogens is 1. The van der Waals surface area contributed by atoms with Crippen LogP contribution in [0.25, 0.3) is 0 Å². The van der Waals surface area contributed by atoms with Crippen molar-refractivity contribution < 1.29 is 9.87 Å². The third-order valence-electron chi connectivity index (χ3n) is 3.32. The van der Waals surface area contributed by atoms with Gasteiger partial charge in [0.2, 0.25) is 0 Å². The van der Waals surface area contributed by atoms with Gasteiger partial charge >= 0.3 is 29.6 Å². The first kappa shape index (κ1) is 21.4. The normalized spacial score (nSPS) is 23.6. The Bertz CT molecular complexity index is 127. The van der Waals surface area contributed by atoms with Gasteiger partial charge in [0.25, 0.3) is 0 Å². The summed E-state index contributed by atoms with van der Waals surface area (Å²) in [6, 6.07) is 0. The van der Waals surface area contributed by atoms with E-state index in [0.717, 1.165) is 5.92 Å². The summed E-state index contributed by atoms with van der Waals surface area (Å²) >= 11 is 3.64. The Morgan fingerprint density at radius 2 is 1.80 bits per heavy atom. The van der Waals surface area contributed by atoms with Crippen molar-refractivity contribution in [2.75, 3.05) is 13.6 Å². The Labute approximate surface area is 120 Å². The summed E-state index contributed by atoms with van der Waals surface area (Å²) in [5, 5.41) is 7.75. The molecule has 0 spiro atoms. The van der Waals surface area contributed by atoms with Crippen molar-refractivity contribution >= 4 is 41.4 Å². The van der Waals surface area contributed by atoms with Crippen LogP contribution in [-0.4, -0.2) is 58.2 Å². The fourth-order valence-electron chi connectivity index (χ4n) is 1.65. The van der Waals surface area contributed by atoms with Crippen molar-refractivity contribution in [3.05, 3.63) is 0 Å². The van der Waals surface area contributed by atoms with Gasteiger partial charge in [-0.15, -0.1) is 5.21 Å². The van der Waals surface area contributed by atoms with Crippen molar-refractivity contribution in [2.24, 2.45) is 11.8 Å². The summed E-state index contributed by atoms with van der Waals surface area (Å²) in [4.78, 5) is 2.47. The number of hydrogen-bond donors (Lipinski definition) is 2. The van der Waals surface area contributed by atoms with E-state index in [9.17, 15) is 0 Å². The van der Waals surface area contributed by atoms with E-state index in [-0.39, 0.29) is 29.6 Å². The van der Waals surface area contributed by atoms with Crippen LogP contribution in [0.5, 0.6) is 0 Å². The van der Waals surface area contributed by atoms with Gasteiger partial charge in [0.1, 0.15) is 0 Å². The summed E-state index contributed by atoms with van der Waals surface area (Å²) in [6.07, 6.45) is 2.78. The quantitative estimate of drug-likeness (QED) is 0.495. The summed E-state index contributed by atoms with van der Waals surface area (Å²) in [7, 11) is 2.23. The zero-order chi connectivity index (χ0) is 11.8. The fraction of sp³-hybridized carbons (Fsp3) is 1.00. The van der Waals surface area contributed by atoms with E-state index in [1.807, 2.05) is 0 Å². The first-order chi connectivity index (χ1) is 6.55. The number of likely N-dealkylation sites (tertiary alicyclic amines) is 1. The van der Waals surface area contributed by atoms with Gasteiger partial charge in [-0.3, -0.25) is 4.66 Å². The van der Waals surface area contributed by atoms with Gasteiger partial charge < -0.3 is 4.90 Å². The molecule has 1 rings (SSSR count). The van der Waals surface area contributed by atoms with E-state index in [0.29, 0.717) is 5.54 Å². The zero-order valence-electron chi connectivity index (χ0n) is 9.46. The van der Waals surface area contributed by atoms with Gasteiger partial charge in [0.15, 0.2) is 0 Å². The molecule has 0 amide bonds. The van der Waals surface area contributed by atoms with Gasteiger partial charge in [-0.1, -0.05) is 6.92 Å². The van der Waals surface area contributed by atoms with Crippen LogP contribution >= 0.6 is 11.9 Å². The maximum atomic E-state index is 7.75. The van der Waals surface area contributed by atoms with Crippen molar-refractivity contribution in [1.29, 1.82) is 0 Å². The number of rotatable bonds is 0. The second kappa shape index (κ2) is 11.6. The van der Waals surface area contributed by atoms with E-state index in [2.05, 4.69) is 50.5 Å². The molecule has 1 saturated heterocycles. The van der Waals surface area contributed by atoms with Crippen molar-refractivity contribution in [1.82, 2.24) is 4.90 Å². The summed E-state index contributed by atoms with van der Waals surface area (Å²) < 4.78 is 6.47. The molecule has 1 aliphatic rings. The van der Waals surface area contributed by atoms with Crippen LogP contribution in [0.1, 0.15) is 33.6 Å². The molecule has 0 saturated carbocycles. The van der Waals surface area contributed by atoms with Crippen LogP contribution in [0, 0.1) is 5.92 Å². The van der Waals surface area contributed by atoms with Crippen molar-refractivity contribution in [2.45, 2.75) is 39.2 Å². The third kappa shape index (κ3) is 7.13. The van der Waals surface area contributed by atoms with Crippen LogP contribution in [-0.2, 0) is 5.21 Å².